The summed E-state index contributed by atoms with van der Waals surface area (Å²) in [5, 5.41) is 12.7. The summed E-state index contributed by atoms with van der Waals surface area (Å²) in [6.45, 7) is 0. The summed E-state index contributed by atoms with van der Waals surface area (Å²) >= 11 is 1.33. The van der Waals surface area contributed by atoms with Crippen LogP contribution in [0.25, 0.3) is 0 Å². The first kappa shape index (κ1) is 14.9. The van der Waals surface area contributed by atoms with E-state index in [0.717, 1.165) is 0 Å². The van der Waals surface area contributed by atoms with E-state index in [0.29, 0.717) is 10.5 Å². The largest absolute Gasteiger partial charge is 0.377 e. The van der Waals surface area contributed by atoms with Crippen LogP contribution in [0.4, 0.5) is 11.4 Å². The van der Waals surface area contributed by atoms with E-state index in [2.05, 4.69) is 4.99 Å². The molecule has 2 aromatic rings. The molecule has 0 saturated carbocycles. The molecule has 1 heterocycles. The molecule has 110 valence electrons. The van der Waals surface area contributed by atoms with Crippen LogP contribution in [-0.2, 0) is 7.05 Å². The number of nitro benzene ring substituents is 1. The molecular formula is C13H14N4O3S. The van der Waals surface area contributed by atoms with Crippen LogP contribution in [0.15, 0.2) is 34.8 Å². The summed E-state index contributed by atoms with van der Waals surface area (Å²) in [4.78, 5) is 29.0. The van der Waals surface area contributed by atoms with Gasteiger partial charge in [0.25, 0.3) is 11.6 Å². The number of anilines is 1. The number of non-ortho nitro benzene ring substituents is 1. The van der Waals surface area contributed by atoms with Gasteiger partial charge in [-0.2, -0.15) is 4.99 Å². The van der Waals surface area contributed by atoms with Crippen LogP contribution in [0.5, 0.6) is 0 Å². The molecule has 0 unspecified atom stereocenters. The van der Waals surface area contributed by atoms with Crippen LogP contribution in [0.1, 0.15) is 10.4 Å². The summed E-state index contributed by atoms with van der Waals surface area (Å²) in [6, 6.07) is 4.18. The van der Waals surface area contributed by atoms with E-state index in [1.807, 2.05) is 5.38 Å². The predicted molar refractivity (Wildman–Crippen MR) is 80.6 cm³/mol. The number of amides is 1. The second kappa shape index (κ2) is 5.88. The maximum absolute atomic E-state index is 12.3. The fourth-order valence-corrected chi connectivity index (χ4v) is 2.51. The molecule has 0 N–H and O–H groups in total. The number of carbonyl (C=O) groups is 1. The van der Waals surface area contributed by atoms with Gasteiger partial charge in [-0.3, -0.25) is 14.9 Å². The highest BCUT2D eigenvalue weighted by molar-refractivity contribution is 7.07. The first-order valence-corrected chi connectivity index (χ1v) is 6.93. The summed E-state index contributed by atoms with van der Waals surface area (Å²) in [5.74, 6) is -0.500. The van der Waals surface area contributed by atoms with E-state index < -0.39 is 10.8 Å². The van der Waals surface area contributed by atoms with Crippen molar-refractivity contribution in [3.63, 3.8) is 0 Å². The SMILES string of the molecule is CN(C)c1ccc([N+](=O)[O-])cc1C(=O)N=c1sccn1C. The highest BCUT2D eigenvalue weighted by Crippen LogP contribution is 2.24. The molecule has 0 bridgehead atoms. The van der Waals surface area contributed by atoms with Gasteiger partial charge in [0.2, 0.25) is 0 Å². The number of aromatic nitrogens is 1. The molecule has 0 atom stereocenters. The van der Waals surface area contributed by atoms with Crippen molar-refractivity contribution in [3.8, 4) is 0 Å². The van der Waals surface area contributed by atoms with Crippen molar-refractivity contribution in [1.82, 2.24) is 4.57 Å². The van der Waals surface area contributed by atoms with Gasteiger partial charge >= 0.3 is 0 Å². The van der Waals surface area contributed by atoms with Crippen molar-refractivity contribution >= 4 is 28.6 Å². The van der Waals surface area contributed by atoms with Gasteiger partial charge in [0.05, 0.1) is 10.5 Å². The summed E-state index contributed by atoms with van der Waals surface area (Å²) < 4.78 is 1.72. The number of nitro groups is 1. The van der Waals surface area contributed by atoms with Gasteiger partial charge in [-0.25, -0.2) is 0 Å². The molecule has 0 aliphatic heterocycles. The van der Waals surface area contributed by atoms with Crippen LogP contribution >= 0.6 is 11.3 Å². The third-order valence-corrected chi connectivity index (χ3v) is 3.71. The zero-order valence-corrected chi connectivity index (χ0v) is 12.6. The normalized spacial score (nSPS) is 11.5. The molecule has 2 rings (SSSR count). The second-order valence-electron chi connectivity index (χ2n) is 4.57. The fourth-order valence-electron chi connectivity index (χ4n) is 1.78. The van der Waals surface area contributed by atoms with Crippen LogP contribution in [0.2, 0.25) is 0 Å². The van der Waals surface area contributed by atoms with E-state index in [-0.39, 0.29) is 11.3 Å². The lowest BCUT2D eigenvalue weighted by molar-refractivity contribution is -0.384. The lowest BCUT2D eigenvalue weighted by Crippen LogP contribution is -2.16. The first-order valence-electron chi connectivity index (χ1n) is 6.05. The Morgan fingerprint density at radius 1 is 1.43 bits per heavy atom. The van der Waals surface area contributed by atoms with Gasteiger partial charge in [-0.15, -0.1) is 11.3 Å². The highest BCUT2D eigenvalue weighted by Gasteiger charge is 2.17. The molecule has 8 heteroatoms. The van der Waals surface area contributed by atoms with Crippen molar-refractivity contribution in [2.45, 2.75) is 0 Å². The van der Waals surface area contributed by atoms with E-state index in [1.165, 1.54) is 23.5 Å². The Labute approximate surface area is 124 Å². The standard InChI is InChI=1S/C13H14N4O3S/c1-15(2)11-5-4-9(17(19)20)8-10(11)12(18)14-13-16(3)6-7-21-13/h4-8H,1-3H3. The van der Waals surface area contributed by atoms with Gasteiger partial charge in [-0.1, -0.05) is 0 Å². The lowest BCUT2D eigenvalue weighted by Gasteiger charge is -2.15. The number of nitrogens with zero attached hydrogens (tertiary/aromatic N) is 4. The van der Waals surface area contributed by atoms with E-state index in [1.54, 1.807) is 42.9 Å². The quantitative estimate of drug-likeness (QED) is 0.639. The van der Waals surface area contributed by atoms with Crippen molar-refractivity contribution in [1.29, 1.82) is 0 Å². The minimum atomic E-state index is -0.526. The molecule has 0 aliphatic carbocycles. The zero-order chi connectivity index (χ0) is 15.6. The molecule has 0 saturated heterocycles. The number of hydrogen-bond acceptors (Lipinski definition) is 5. The highest BCUT2D eigenvalue weighted by atomic mass is 32.1. The van der Waals surface area contributed by atoms with Gasteiger partial charge < -0.3 is 9.47 Å². The third kappa shape index (κ3) is 3.16. The summed E-state index contributed by atoms with van der Waals surface area (Å²) in [7, 11) is 5.31. The van der Waals surface area contributed by atoms with Gasteiger partial charge in [0.1, 0.15) is 0 Å². The molecule has 0 radical (unpaired) electrons. The molecule has 1 aromatic carbocycles. The van der Waals surface area contributed by atoms with Crippen LogP contribution in [0, 0.1) is 10.1 Å². The summed E-state index contributed by atoms with van der Waals surface area (Å²) in [5.41, 5.74) is 0.672. The van der Waals surface area contributed by atoms with Crippen molar-refractivity contribution < 1.29 is 9.72 Å². The molecule has 1 aromatic heterocycles. The Hall–Kier alpha value is -2.48. The lowest BCUT2D eigenvalue weighted by atomic mass is 10.1. The Bertz CT molecular complexity index is 761. The topological polar surface area (TPSA) is 80.7 Å². The van der Waals surface area contributed by atoms with Gasteiger partial charge in [0.15, 0.2) is 4.80 Å². The van der Waals surface area contributed by atoms with Crippen molar-refractivity contribution in [2.75, 3.05) is 19.0 Å². The third-order valence-electron chi connectivity index (χ3n) is 2.86. The average Bonchev–Trinajstić information content (AvgIpc) is 2.83. The number of benzene rings is 1. The molecule has 0 spiro atoms. The Kier molecular flexibility index (Phi) is 4.18. The van der Waals surface area contributed by atoms with Gasteiger partial charge in [0, 0.05) is 50.5 Å². The molecule has 7 nitrogen and oxygen atoms in total. The second-order valence-corrected chi connectivity index (χ2v) is 5.44. The number of hydrogen-bond donors (Lipinski definition) is 0. The fraction of sp³-hybridized carbons (Fsp3) is 0.231. The van der Waals surface area contributed by atoms with Crippen molar-refractivity contribution in [3.05, 3.63) is 50.3 Å². The van der Waals surface area contributed by atoms with Gasteiger partial charge in [-0.05, 0) is 6.07 Å². The Morgan fingerprint density at radius 3 is 2.67 bits per heavy atom. The summed E-state index contributed by atoms with van der Waals surface area (Å²) in [6.07, 6.45) is 1.79. The molecule has 1 amide bonds. The maximum Gasteiger partial charge on any atom is 0.282 e. The molecule has 21 heavy (non-hydrogen) atoms. The monoisotopic (exact) mass is 306 g/mol. The molecule has 0 aliphatic rings. The van der Waals surface area contributed by atoms with Crippen molar-refractivity contribution in [2.24, 2.45) is 12.0 Å². The molecular weight excluding hydrogens is 292 g/mol. The van der Waals surface area contributed by atoms with Crippen LogP contribution in [-0.4, -0.2) is 29.5 Å². The van der Waals surface area contributed by atoms with E-state index >= 15 is 0 Å². The van der Waals surface area contributed by atoms with E-state index in [4.69, 9.17) is 0 Å². The molecule has 0 fully saturated rings. The number of carbonyl (C=O) groups excluding carboxylic acids is 1. The number of thiazole rings is 1. The van der Waals surface area contributed by atoms with Crippen LogP contribution < -0.4 is 9.70 Å². The average molecular weight is 306 g/mol. The smallest absolute Gasteiger partial charge is 0.282 e. The zero-order valence-electron chi connectivity index (χ0n) is 11.8. The minimum Gasteiger partial charge on any atom is -0.377 e. The van der Waals surface area contributed by atoms with Crippen LogP contribution in [0.3, 0.4) is 0 Å². The van der Waals surface area contributed by atoms with E-state index in [9.17, 15) is 14.9 Å². The predicted octanol–water partition coefficient (Wildman–Crippen LogP) is 1.80. The Morgan fingerprint density at radius 2 is 2.14 bits per heavy atom. The number of rotatable bonds is 3. The Balaban J connectivity index is 2.55. The number of aryl methyl sites for hydroxylation is 1. The minimum absolute atomic E-state index is 0.130. The maximum atomic E-state index is 12.3. The first-order chi connectivity index (χ1) is 9.90.